The number of nitrogens with one attached hydrogen (secondary N) is 1. The Morgan fingerprint density at radius 3 is 2.33 bits per heavy atom. The molecule has 0 aliphatic carbocycles. The topological polar surface area (TPSA) is 90.7 Å². The summed E-state index contributed by atoms with van der Waals surface area (Å²) in [6.07, 6.45) is 0. The van der Waals surface area contributed by atoms with Gasteiger partial charge in [0.25, 0.3) is 10.0 Å². The van der Waals surface area contributed by atoms with E-state index in [0.29, 0.717) is 22.3 Å². The SMILES string of the molecule is COc1ccc(Oc2ccc(Cl)cc2NS(=O)(=O)c2c(C)noc2C)cc1. The maximum Gasteiger partial charge on any atom is 0.267 e. The molecule has 27 heavy (non-hydrogen) atoms. The van der Waals surface area contributed by atoms with E-state index in [0.717, 1.165) is 0 Å². The first-order valence-electron chi connectivity index (χ1n) is 7.87. The van der Waals surface area contributed by atoms with E-state index < -0.39 is 10.0 Å². The Hall–Kier alpha value is -2.71. The van der Waals surface area contributed by atoms with E-state index in [4.69, 9.17) is 25.6 Å². The molecule has 142 valence electrons. The van der Waals surface area contributed by atoms with Crippen LogP contribution in [0.5, 0.6) is 17.2 Å². The summed E-state index contributed by atoms with van der Waals surface area (Å²) >= 11 is 6.04. The summed E-state index contributed by atoms with van der Waals surface area (Å²) in [5.41, 5.74) is 0.456. The molecular formula is C18H17ClN2O5S. The molecule has 0 aliphatic heterocycles. The molecule has 0 unspecified atom stereocenters. The van der Waals surface area contributed by atoms with Gasteiger partial charge in [0.15, 0.2) is 16.4 Å². The summed E-state index contributed by atoms with van der Waals surface area (Å²) in [6, 6.07) is 11.5. The summed E-state index contributed by atoms with van der Waals surface area (Å²) in [6.45, 7) is 3.08. The van der Waals surface area contributed by atoms with E-state index in [1.54, 1.807) is 50.4 Å². The van der Waals surface area contributed by atoms with Crippen molar-refractivity contribution in [2.45, 2.75) is 18.7 Å². The molecule has 2 aromatic carbocycles. The molecule has 0 spiro atoms. The van der Waals surface area contributed by atoms with E-state index in [1.807, 2.05) is 0 Å². The van der Waals surface area contributed by atoms with Crippen LogP contribution in [0.2, 0.25) is 5.02 Å². The van der Waals surface area contributed by atoms with Crippen LogP contribution in [0.4, 0.5) is 5.69 Å². The number of halogens is 1. The monoisotopic (exact) mass is 408 g/mol. The number of methoxy groups -OCH3 is 1. The van der Waals surface area contributed by atoms with Crippen molar-refractivity contribution in [1.82, 2.24) is 5.16 Å². The zero-order chi connectivity index (χ0) is 19.6. The van der Waals surface area contributed by atoms with Crippen LogP contribution < -0.4 is 14.2 Å². The molecule has 0 saturated carbocycles. The largest absolute Gasteiger partial charge is 0.497 e. The molecule has 0 amide bonds. The summed E-state index contributed by atoms with van der Waals surface area (Å²) in [7, 11) is -2.37. The average molecular weight is 409 g/mol. The van der Waals surface area contributed by atoms with Crippen molar-refractivity contribution in [1.29, 1.82) is 0 Å². The minimum atomic E-state index is -3.94. The Morgan fingerprint density at radius 2 is 1.74 bits per heavy atom. The van der Waals surface area contributed by atoms with E-state index in [-0.39, 0.29) is 22.0 Å². The molecule has 0 saturated heterocycles. The van der Waals surface area contributed by atoms with Crippen molar-refractivity contribution in [2.24, 2.45) is 0 Å². The smallest absolute Gasteiger partial charge is 0.267 e. The third kappa shape index (κ3) is 4.17. The molecule has 1 N–H and O–H groups in total. The second kappa shape index (κ2) is 7.50. The first-order valence-corrected chi connectivity index (χ1v) is 9.73. The molecule has 0 bridgehead atoms. The lowest BCUT2D eigenvalue weighted by molar-refractivity contribution is 0.390. The molecular weight excluding hydrogens is 392 g/mol. The fourth-order valence-corrected chi connectivity index (χ4v) is 4.06. The number of rotatable bonds is 6. The standard InChI is InChI=1S/C18H17ClN2O5S/c1-11-18(12(2)26-20-11)27(22,23)21-16-10-13(19)4-9-17(16)25-15-7-5-14(24-3)6-8-15/h4-10,21H,1-3H3. The zero-order valence-corrected chi connectivity index (χ0v) is 16.4. The summed E-state index contributed by atoms with van der Waals surface area (Å²) in [5, 5.41) is 4.04. The number of nitrogens with zero attached hydrogens (tertiary/aromatic N) is 1. The first-order chi connectivity index (χ1) is 12.8. The molecule has 9 heteroatoms. The van der Waals surface area contributed by atoms with Gasteiger partial charge in [-0.1, -0.05) is 16.8 Å². The highest BCUT2D eigenvalue weighted by Gasteiger charge is 2.25. The van der Waals surface area contributed by atoms with Crippen molar-refractivity contribution in [3.63, 3.8) is 0 Å². The van der Waals surface area contributed by atoms with Gasteiger partial charge in [-0.25, -0.2) is 8.42 Å². The minimum Gasteiger partial charge on any atom is -0.497 e. The lowest BCUT2D eigenvalue weighted by Crippen LogP contribution is -2.15. The maximum absolute atomic E-state index is 12.8. The maximum atomic E-state index is 12.8. The average Bonchev–Trinajstić information content (AvgIpc) is 2.97. The Bertz CT molecular complexity index is 1040. The van der Waals surface area contributed by atoms with Crippen LogP contribution in [0.1, 0.15) is 11.5 Å². The van der Waals surface area contributed by atoms with Gasteiger partial charge in [0.1, 0.15) is 17.2 Å². The highest BCUT2D eigenvalue weighted by atomic mass is 35.5. The van der Waals surface area contributed by atoms with Gasteiger partial charge in [0.2, 0.25) is 0 Å². The lowest BCUT2D eigenvalue weighted by atomic mass is 10.3. The zero-order valence-electron chi connectivity index (χ0n) is 14.8. The molecule has 0 radical (unpaired) electrons. The molecule has 3 aromatic rings. The number of hydrogen-bond acceptors (Lipinski definition) is 6. The Kier molecular flexibility index (Phi) is 5.29. The number of aryl methyl sites for hydroxylation is 2. The van der Waals surface area contributed by atoms with Crippen molar-refractivity contribution in [2.75, 3.05) is 11.8 Å². The number of sulfonamides is 1. The molecule has 1 aromatic heterocycles. The minimum absolute atomic E-state index is 0.0159. The van der Waals surface area contributed by atoms with Gasteiger partial charge in [-0.3, -0.25) is 4.72 Å². The predicted octanol–water partition coefficient (Wildman–Crippen LogP) is 4.55. The summed E-state index contributed by atoms with van der Waals surface area (Å²) in [4.78, 5) is -0.0159. The number of anilines is 1. The molecule has 0 atom stereocenters. The normalized spacial score (nSPS) is 11.3. The van der Waals surface area contributed by atoms with Crippen LogP contribution in [0.3, 0.4) is 0 Å². The van der Waals surface area contributed by atoms with Crippen molar-refractivity contribution < 1.29 is 22.4 Å². The Labute approximate surface area is 161 Å². The third-order valence-electron chi connectivity index (χ3n) is 3.71. The van der Waals surface area contributed by atoms with Crippen LogP contribution in [0.25, 0.3) is 0 Å². The molecule has 0 aliphatic rings. The molecule has 1 heterocycles. The first kappa shape index (κ1) is 19.1. The van der Waals surface area contributed by atoms with E-state index in [1.165, 1.54) is 13.0 Å². The molecule has 3 rings (SSSR count). The Morgan fingerprint density at radius 1 is 1.07 bits per heavy atom. The van der Waals surface area contributed by atoms with Crippen LogP contribution in [0, 0.1) is 13.8 Å². The van der Waals surface area contributed by atoms with Crippen LogP contribution >= 0.6 is 11.6 Å². The van der Waals surface area contributed by atoms with Gasteiger partial charge in [0.05, 0.1) is 12.8 Å². The fourth-order valence-electron chi connectivity index (χ4n) is 2.50. The van der Waals surface area contributed by atoms with Crippen molar-refractivity contribution in [3.8, 4) is 17.2 Å². The second-order valence-corrected chi connectivity index (χ2v) is 7.73. The number of benzene rings is 2. The van der Waals surface area contributed by atoms with Crippen LogP contribution in [-0.2, 0) is 10.0 Å². The van der Waals surface area contributed by atoms with Gasteiger partial charge in [-0.05, 0) is 56.3 Å². The number of hydrogen-bond donors (Lipinski definition) is 1. The van der Waals surface area contributed by atoms with Gasteiger partial charge < -0.3 is 14.0 Å². The highest BCUT2D eigenvalue weighted by molar-refractivity contribution is 7.92. The quantitative estimate of drug-likeness (QED) is 0.643. The summed E-state index contributed by atoms with van der Waals surface area (Å²) in [5.74, 6) is 1.67. The van der Waals surface area contributed by atoms with Gasteiger partial charge >= 0.3 is 0 Å². The number of aromatic nitrogens is 1. The van der Waals surface area contributed by atoms with E-state index >= 15 is 0 Å². The molecule has 0 fully saturated rings. The molecule has 7 nitrogen and oxygen atoms in total. The van der Waals surface area contributed by atoms with E-state index in [9.17, 15) is 8.42 Å². The summed E-state index contributed by atoms with van der Waals surface area (Å²) < 4.78 is 43.9. The van der Waals surface area contributed by atoms with E-state index in [2.05, 4.69) is 9.88 Å². The van der Waals surface area contributed by atoms with Gasteiger partial charge in [0, 0.05) is 5.02 Å². The van der Waals surface area contributed by atoms with Gasteiger partial charge in [-0.2, -0.15) is 0 Å². The lowest BCUT2D eigenvalue weighted by Gasteiger charge is -2.14. The van der Waals surface area contributed by atoms with Crippen LogP contribution in [-0.4, -0.2) is 20.7 Å². The van der Waals surface area contributed by atoms with Crippen molar-refractivity contribution in [3.05, 3.63) is 58.9 Å². The fraction of sp³-hybridized carbons (Fsp3) is 0.167. The Balaban J connectivity index is 1.94. The predicted molar refractivity (Wildman–Crippen MR) is 101 cm³/mol. The van der Waals surface area contributed by atoms with Crippen molar-refractivity contribution >= 4 is 27.3 Å². The second-order valence-electron chi connectivity index (χ2n) is 5.68. The van der Waals surface area contributed by atoms with Crippen LogP contribution in [0.15, 0.2) is 51.9 Å². The third-order valence-corrected chi connectivity index (χ3v) is 5.55. The number of ether oxygens (including phenoxy) is 2. The van der Waals surface area contributed by atoms with Gasteiger partial charge in [-0.15, -0.1) is 0 Å². The highest BCUT2D eigenvalue weighted by Crippen LogP contribution is 2.34.